The van der Waals surface area contributed by atoms with Gasteiger partial charge in [0.2, 0.25) is 11.1 Å². The number of nitrogens with zero attached hydrogens (tertiary/aromatic N) is 4. The number of anilines is 1. The van der Waals surface area contributed by atoms with Crippen LogP contribution in [-0.2, 0) is 10.5 Å². The van der Waals surface area contributed by atoms with E-state index in [0.29, 0.717) is 15.9 Å². The van der Waals surface area contributed by atoms with E-state index >= 15 is 0 Å². The monoisotopic (exact) mass is 359 g/mol. The van der Waals surface area contributed by atoms with E-state index in [4.69, 9.17) is 11.6 Å². The molecule has 0 bridgehead atoms. The third-order valence-electron chi connectivity index (χ3n) is 3.13. The Hall–Kier alpha value is -2.38. The molecule has 1 amide bonds. The van der Waals surface area contributed by atoms with Gasteiger partial charge in [-0.2, -0.15) is 4.68 Å². The molecule has 0 atom stereocenters. The number of nitrogens with one attached hydrogen (secondary N) is 1. The van der Waals surface area contributed by atoms with E-state index < -0.39 is 0 Å². The van der Waals surface area contributed by atoms with Crippen molar-refractivity contribution in [3.63, 3.8) is 0 Å². The third kappa shape index (κ3) is 4.12. The van der Waals surface area contributed by atoms with Crippen LogP contribution in [0.1, 0.15) is 12.5 Å². The van der Waals surface area contributed by atoms with Crippen molar-refractivity contribution in [3.8, 4) is 5.69 Å². The Bertz CT molecular complexity index is 850. The minimum atomic E-state index is -0.124. The van der Waals surface area contributed by atoms with Gasteiger partial charge in [0.05, 0.1) is 5.69 Å². The minimum Gasteiger partial charge on any atom is -0.326 e. The van der Waals surface area contributed by atoms with E-state index in [1.807, 2.05) is 48.5 Å². The predicted octanol–water partition coefficient (Wildman–Crippen LogP) is 3.57. The predicted molar refractivity (Wildman–Crippen MR) is 94.5 cm³/mol. The van der Waals surface area contributed by atoms with Crippen molar-refractivity contribution in [2.45, 2.75) is 17.8 Å². The fraction of sp³-hybridized carbons (Fsp3) is 0.125. The molecular weight excluding hydrogens is 346 g/mol. The van der Waals surface area contributed by atoms with Crippen molar-refractivity contribution in [2.75, 3.05) is 5.32 Å². The van der Waals surface area contributed by atoms with Crippen molar-refractivity contribution in [3.05, 3.63) is 59.1 Å². The molecule has 0 radical (unpaired) electrons. The number of rotatable bonds is 5. The van der Waals surface area contributed by atoms with Gasteiger partial charge in [-0.25, -0.2) is 0 Å². The van der Waals surface area contributed by atoms with Gasteiger partial charge in [-0.05, 0) is 46.3 Å². The highest BCUT2D eigenvalue weighted by atomic mass is 35.5. The van der Waals surface area contributed by atoms with Crippen LogP contribution < -0.4 is 5.32 Å². The first-order chi connectivity index (χ1) is 11.6. The van der Waals surface area contributed by atoms with Crippen molar-refractivity contribution in [2.24, 2.45) is 0 Å². The van der Waals surface area contributed by atoms with E-state index in [2.05, 4.69) is 20.8 Å². The van der Waals surface area contributed by atoms with Crippen molar-refractivity contribution < 1.29 is 4.79 Å². The second-order valence-corrected chi connectivity index (χ2v) is 6.40. The molecule has 6 nitrogen and oxygen atoms in total. The highest BCUT2D eigenvalue weighted by Gasteiger charge is 2.10. The maximum absolute atomic E-state index is 11.2. The van der Waals surface area contributed by atoms with Gasteiger partial charge in [0, 0.05) is 23.4 Å². The first-order valence-electron chi connectivity index (χ1n) is 7.15. The van der Waals surface area contributed by atoms with E-state index in [1.165, 1.54) is 18.7 Å². The molecule has 24 heavy (non-hydrogen) atoms. The lowest BCUT2D eigenvalue weighted by Crippen LogP contribution is -2.07. The van der Waals surface area contributed by atoms with E-state index in [0.717, 1.165) is 17.0 Å². The Balaban J connectivity index is 1.77. The number of halogens is 1. The Morgan fingerprint density at radius 1 is 1.25 bits per heavy atom. The molecule has 3 rings (SSSR count). The zero-order valence-corrected chi connectivity index (χ0v) is 14.4. The quantitative estimate of drug-likeness (QED) is 0.705. The number of amides is 1. The molecule has 1 N–H and O–H groups in total. The van der Waals surface area contributed by atoms with Gasteiger partial charge < -0.3 is 5.32 Å². The van der Waals surface area contributed by atoms with Crippen LogP contribution in [0.5, 0.6) is 0 Å². The van der Waals surface area contributed by atoms with Gasteiger partial charge in [-0.3, -0.25) is 4.79 Å². The van der Waals surface area contributed by atoms with E-state index in [9.17, 15) is 4.79 Å². The molecule has 1 aromatic heterocycles. The number of carbonyl (C=O) groups excluding carboxylic acids is 1. The van der Waals surface area contributed by atoms with Crippen molar-refractivity contribution in [1.82, 2.24) is 20.2 Å². The molecule has 0 aliphatic carbocycles. The molecule has 0 fully saturated rings. The molecule has 3 aromatic rings. The standard InChI is InChI=1S/C16H14ClN5OS/c1-11(23)18-14-3-2-4-15(9-14)22-16(19-20-21-22)24-10-12-5-7-13(17)8-6-12/h2-9H,10H2,1H3,(H,18,23). The van der Waals surface area contributed by atoms with Crippen LogP contribution in [0.25, 0.3) is 5.69 Å². The SMILES string of the molecule is CC(=O)Nc1cccc(-n2nnnc2SCc2ccc(Cl)cc2)c1. The fourth-order valence-corrected chi connectivity index (χ4v) is 3.05. The summed E-state index contributed by atoms with van der Waals surface area (Å²) in [5, 5.41) is 16.0. The molecule has 2 aromatic carbocycles. The molecule has 0 aliphatic rings. The molecule has 0 unspecified atom stereocenters. The van der Waals surface area contributed by atoms with Crippen molar-refractivity contribution in [1.29, 1.82) is 0 Å². The zero-order chi connectivity index (χ0) is 16.9. The molecule has 0 saturated carbocycles. The molecular formula is C16H14ClN5OS. The summed E-state index contributed by atoms with van der Waals surface area (Å²) >= 11 is 7.42. The van der Waals surface area contributed by atoms with Gasteiger partial charge in [0.25, 0.3) is 0 Å². The topological polar surface area (TPSA) is 72.7 Å². The van der Waals surface area contributed by atoms with Crippen LogP contribution in [0.2, 0.25) is 5.02 Å². The van der Waals surface area contributed by atoms with Crippen LogP contribution in [0.4, 0.5) is 5.69 Å². The lowest BCUT2D eigenvalue weighted by atomic mass is 10.2. The molecule has 8 heteroatoms. The molecule has 0 aliphatic heterocycles. The van der Waals surface area contributed by atoms with Gasteiger partial charge in [-0.15, -0.1) is 5.10 Å². The molecule has 122 valence electrons. The highest BCUT2D eigenvalue weighted by Crippen LogP contribution is 2.24. The summed E-state index contributed by atoms with van der Waals surface area (Å²) in [5.74, 6) is 0.601. The van der Waals surface area contributed by atoms with Crippen LogP contribution >= 0.6 is 23.4 Å². The Labute approximate surface area is 148 Å². The van der Waals surface area contributed by atoms with Gasteiger partial charge in [-0.1, -0.05) is 41.6 Å². The number of hydrogen-bond donors (Lipinski definition) is 1. The maximum atomic E-state index is 11.2. The zero-order valence-electron chi connectivity index (χ0n) is 12.8. The molecule has 0 saturated heterocycles. The Morgan fingerprint density at radius 3 is 2.79 bits per heavy atom. The number of carbonyl (C=O) groups is 1. The second-order valence-electron chi connectivity index (χ2n) is 5.02. The summed E-state index contributed by atoms with van der Waals surface area (Å²) in [6.07, 6.45) is 0. The highest BCUT2D eigenvalue weighted by molar-refractivity contribution is 7.98. The number of tetrazole rings is 1. The lowest BCUT2D eigenvalue weighted by Gasteiger charge is -2.07. The number of aromatic nitrogens is 4. The lowest BCUT2D eigenvalue weighted by molar-refractivity contribution is -0.114. The van der Waals surface area contributed by atoms with Crippen LogP contribution in [-0.4, -0.2) is 26.1 Å². The smallest absolute Gasteiger partial charge is 0.221 e. The summed E-state index contributed by atoms with van der Waals surface area (Å²) in [4.78, 5) is 11.2. The summed E-state index contributed by atoms with van der Waals surface area (Å²) in [7, 11) is 0. The van der Waals surface area contributed by atoms with Crippen LogP contribution in [0, 0.1) is 0 Å². The van der Waals surface area contributed by atoms with Crippen molar-refractivity contribution >= 4 is 35.0 Å². The summed E-state index contributed by atoms with van der Waals surface area (Å²) < 4.78 is 1.64. The molecule has 1 heterocycles. The number of benzene rings is 2. The summed E-state index contributed by atoms with van der Waals surface area (Å²) in [6, 6.07) is 15.0. The normalized spacial score (nSPS) is 10.6. The minimum absolute atomic E-state index is 0.124. The first kappa shape index (κ1) is 16.5. The van der Waals surface area contributed by atoms with E-state index in [-0.39, 0.29) is 5.91 Å². The average Bonchev–Trinajstić information content (AvgIpc) is 3.02. The summed E-state index contributed by atoms with van der Waals surface area (Å²) in [5.41, 5.74) is 2.61. The van der Waals surface area contributed by atoms with Crippen LogP contribution in [0.15, 0.2) is 53.7 Å². The van der Waals surface area contributed by atoms with Gasteiger partial charge in [0.15, 0.2) is 0 Å². The van der Waals surface area contributed by atoms with Gasteiger partial charge in [0.1, 0.15) is 0 Å². The fourth-order valence-electron chi connectivity index (χ4n) is 2.08. The van der Waals surface area contributed by atoms with Crippen LogP contribution in [0.3, 0.4) is 0 Å². The van der Waals surface area contributed by atoms with Gasteiger partial charge >= 0.3 is 0 Å². The summed E-state index contributed by atoms with van der Waals surface area (Å²) in [6.45, 7) is 1.47. The largest absolute Gasteiger partial charge is 0.326 e. The Kier molecular flexibility index (Phi) is 5.12. The first-order valence-corrected chi connectivity index (χ1v) is 8.52. The third-order valence-corrected chi connectivity index (χ3v) is 4.38. The average molecular weight is 360 g/mol. The number of thioether (sulfide) groups is 1. The Morgan fingerprint density at radius 2 is 2.04 bits per heavy atom. The van der Waals surface area contributed by atoms with E-state index in [1.54, 1.807) is 4.68 Å². The second kappa shape index (κ2) is 7.46. The molecule has 0 spiro atoms. The maximum Gasteiger partial charge on any atom is 0.221 e. The number of hydrogen-bond acceptors (Lipinski definition) is 5.